The number of amides is 1. The molecule has 0 radical (unpaired) electrons. The molecule has 5 heteroatoms. The van der Waals surface area contributed by atoms with Crippen LogP contribution in [0.25, 0.3) is 11.3 Å². The molecule has 1 heterocycles. The van der Waals surface area contributed by atoms with Crippen molar-refractivity contribution in [3.63, 3.8) is 0 Å². The van der Waals surface area contributed by atoms with Gasteiger partial charge in [-0.1, -0.05) is 24.3 Å². The predicted octanol–water partition coefficient (Wildman–Crippen LogP) is 3.05. The Hall–Kier alpha value is -1.72. The number of carbonyl (C=O) groups is 1. The van der Waals surface area contributed by atoms with Gasteiger partial charge >= 0.3 is 0 Å². The number of aromatic nitrogens is 1. The highest BCUT2D eigenvalue weighted by Crippen LogP contribution is 2.25. The second-order valence-corrected chi connectivity index (χ2v) is 5.52. The van der Waals surface area contributed by atoms with Gasteiger partial charge in [-0.2, -0.15) is 0 Å². The first kappa shape index (κ1) is 14.7. The number of aryl methyl sites for hydroxylation is 1. The molecule has 20 heavy (non-hydrogen) atoms. The van der Waals surface area contributed by atoms with E-state index in [1.807, 2.05) is 5.38 Å². The zero-order valence-corrected chi connectivity index (χ0v) is 12.4. The van der Waals surface area contributed by atoms with Crippen LogP contribution in [0.15, 0.2) is 29.6 Å². The van der Waals surface area contributed by atoms with Crippen LogP contribution < -0.4 is 11.1 Å². The predicted molar refractivity (Wildman–Crippen MR) is 83.8 cm³/mol. The Kier molecular flexibility index (Phi) is 5.26. The molecule has 4 nitrogen and oxygen atoms in total. The van der Waals surface area contributed by atoms with Gasteiger partial charge < -0.3 is 11.1 Å². The van der Waals surface area contributed by atoms with Crippen molar-refractivity contribution >= 4 is 22.4 Å². The summed E-state index contributed by atoms with van der Waals surface area (Å²) in [5.41, 5.74) is 8.78. The summed E-state index contributed by atoms with van der Waals surface area (Å²) in [6.45, 7) is 2.24. The Morgan fingerprint density at radius 3 is 2.70 bits per heavy atom. The number of carbonyl (C=O) groups excluding carboxylic acids is 1. The number of unbranched alkanes of at least 4 members (excludes halogenated alkanes) is 1. The van der Waals surface area contributed by atoms with E-state index in [2.05, 4.69) is 34.6 Å². The zero-order valence-electron chi connectivity index (χ0n) is 11.6. The maximum absolute atomic E-state index is 11.0. The molecular formula is C15H19N3OS. The molecule has 0 bridgehead atoms. The van der Waals surface area contributed by atoms with E-state index in [1.165, 1.54) is 23.8 Å². The molecule has 1 amide bonds. The van der Waals surface area contributed by atoms with E-state index in [-0.39, 0.29) is 5.91 Å². The molecule has 1 aromatic carbocycles. The molecule has 0 aliphatic heterocycles. The summed E-state index contributed by atoms with van der Waals surface area (Å²) < 4.78 is 0. The highest BCUT2D eigenvalue weighted by atomic mass is 32.1. The lowest BCUT2D eigenvalue weighted by Crippen LogP contribution is -2.04. The minimum Gasteiger partial charge on any atom is -0.330 e. The van der Waals surface area contributed by atoms with Crippen LogP contribution in [0.3, 0.4) is 0 Å². The van der Waals surface area contributed by atoms with Crippen LogP contribution in [-0.4, -0.2) is 17.4 Å². The maximum atomic E-state index is 11.0. The molecule has 0 aliphatic rings. The number of nitrogens with two attached hydrogens (primary N) is 1. The first-order valence-corrected chi connectivity index (χ1v) is 7.59. The summed E-state index contributed by atoms with van der Waals surface area (Å²) in [5, 5.41) is 5.29. The molecule has 106 valence electrons. The maximum Gasteiger partial charge on any atom is 0.223 e. The first-order chi connectivity index (χ1) is 9.69. The molecule has 0 saturated heterocycles. The average Bonchev–Trinajstić information content (AvgIpc) is 2.87. The van der Waals surface area contributed by atoms with Crippen molar-refractivity contribution in [2.45, 2.75) is 26.2 Å². The van der Waals surface area contributed by atoms with E-state index in [1.54, 1.807) is 0 Å². The molecular weight excluding hydrogens is 270 g/mol. The van der Waals surface area contributed by atoms with Crippen LogP contribution in [0, 0.1) is 0 Å². The molecule has 0 saturated carbocycles. The van der Waals surface area contributed by atoms with Crippen molar-refractivity contribution in [3.05, 3.63) is 35.2 Å². The quantitative estimate of drug-likeness (QED) is 0.803. The minimum atomic E-state index is -0.0962. The van der Waals surface area contributed by atoms with Crippen molar-refractivity contribution < 1.29 is 4.79 Å². The number of rotatable bonds is 6. The third-order valence-corrected chi connectivity index (χ3v) is 3.71. The molecule has 0 atom stereocenters. The second-order valence-electron chi connectivity index (χ2n) is 4.66. The number of benzene rings is 1. The number of hydrogen-bond acceptors (Lipinski definition) is 4. The van der Waals surface area contributed by atoms with Gasteiger partial charge in [-0.05, 0) is 31.4 Å². The topological polar surface area (TPSA) is 68.0 Å². The number of thiazole rings is 1. The zero-order chi connectivity index (χ0) is 14.4. The molecule has 0 fully saturated rings. The fourth-order valence-electron chi connectivity index (χ4n) is 1.93. The summed E-state index contributed by atoms with van der Waals surface area (Å²) in [6, 6.07) is 8.40. The summed E-state index contributed by atoms with van der Waals surface area (Å²) in [4.78, 5) is 15.4. The van der Waals surface area contributed by atoms with Crippen molar-refractivity contribution in [1.82, 2.24) is 4.98 Å². The summed E-state index contributed by atoms with van der Waals surface area (Å²) >= 11 is 1.44. The van der Waals surface area contributed by atoms with Crippen LogP contribution >= 0.6 is 11.3 Å². The summed E-state index contributed by atoms with van der Waals surface area (Å²) in [7, 11) is 0. The van der Waals surface area contributed by atoms with Gasteiger partial charge in [-0.15, -0.1) is 11.3 Å². The number of nitrogens with one attached hydrogen (secondary N) is 1. The molecule has 2 aromatic rings. The van der Waals surface area contributed by atoms with E-state index >= 15 is 0 Å². The number of hydrogen-bond donors (Lipinski definition) is 2. The van der Waals surface area contributed by atoms with E-state index in [9.17, 15) is 4.79 Å². The fraction of sp³-hybridized carbons (Fsp3) is 0.333. The van der Waals surface area contributed by atoms with Crippen LogP contribution in [0.4, 0.5) is 5.13 Å². The van der Waals surface area contributed by atoms with Crippen molar-refractivity contribution in [3.8, 4) is 11.3 Å². The van der Waals surface area contributed by atoms with Crippen molar-refractivity contribution in [1.29, 1.82) is 0 Å². The van der Waals surface area contributed by atoms with Gasteiger partial charge in [0, 0.05) is 17.9 Å². The highest BCUT2D eigenvalue weighted by molar-refractivity contribution is 7.14. The summed E-state index contributed by atoms with van der Waals surface area (Å²) in [5.74, 6) is -0.0962. The Bertz CT molecular complexity index is 563. The van der Waals surface area contributed by atoms with E-state index < -0.39 is 0 Å². The Labute approximate surface area is 123 Å². The molecule has 1 aromatic heterocycles. The monoisotopic (exact) mass is 289 g/mol. The molecule has 0 aliphatic carbocycles. The standard InChI is InChI=1S/C15H19N3OS/c1-11(19)17-15-18-14(10-20-15)13-7-5-12(6-8-13)4-2-3-9-16/h5-8,10H,2-4,9,16H2,1H3,(H,17,18,19). The van der Waals surface area contributed by atoms with Crippen LogP contribution in [0.5, 0.6) is 0 Å². The van der Waals surface area contributed by atoms with Crippen LogP contribution in [-0.2, 0) is 11.2 Å². The van der Waals surface area contributed by atoms with Crippen LogP contribution in [0.2, 0.25) is 0 Å². The molecule has 2 rings (SSSR count). The molecule has 0 unspecified atom stereocenters. The summed E-state index contributed by atoms with van der Waals surface area (Å²) in [6.07, 6.45) is 3.25. The van der Waals surface area contributed by atoms with E-state index in [4.69, 9.17) is 5.73 Å². The van der Waals surface area contributed by atoms with Crippen LogP contribution in [0.1, 0.15) is 25.3 Å². The van der Waals surface area contributed by atoms with E-state index in [0.29, 0.717) is 5.13 Å². The lowest BCUT2D eigenvalue weighted by Gasteiger charge is -2.02. The molecule has 3 N–H and O–H groups in total. The number of anilines is 1. The van der Waals surface area contributed by atoms with Crippen molar-refractivity contribution in [2.75, 3.05) is 11.9 Å². The highest BCUT2D eigenvalue weighted by Gasteiger charge is 2.05. The van der Waals surface area contributed by atoms with Crippen molar-refractivity contribution in [2.24, 2.45) is 5.73 Å². The van der Waals surface area contributed by atoms with Gasteiger partial charge in [0.2, 0.25) is 5.91 Å². The largest absolute Gasteiger partial charge is 0.330 e. The molecule has 0 spiro atoms. The second kappa shape index (κ2) is 7.17. The minimum absolute atomic E-state index is 0.0962. The average molecular weight is 289 g/mol. The third kappa shape index (κ3) is 4.15. The Morgan fingerprint density at radius 2 is 2.05 bits per heavy atom. The third-order valence-electron chi connectivity index (χ3n) is 2.96. The first-order valence-electron chi connectivity index (χ1n) is 6.71. The SMILES string of the molecule is CC(=O)Nc1nc(-c2ccc(CCCCN)cc2)cs1. The van der Waals surface area contributed by atoms with Gasteiger partial charge in [0.05, 0.1) is 5.69 Å². The Balaban J connectivity index is 2.02. The van der Waals surface area contributed by atoms with Gasteiger partial charge in [0.1, 0.15) is 0 Å². The van der Waals surface area contributed by atoms with Gasteiger partial charge in [0.25, 0.3) is 0 Å². The normalized spacial score (nSPS) is 10.5. The lowest BCUT2D eigenvalue weighted by molar-refractivity contribution is -0.114. The smallest absolute Gasteiger partial charge is 0.223 e. The van der Waals surface area contributed by atoms with E-state index in [0.717, 1.165) is 37.1 Å². The number of nitrogens with zero attached hydrogens (tertiary/aromatic N) is 1. The van der Waals surface area contributed by atoms with Gasteiger partial charge in [0.15, 0.2) is 5.13 Å². The lowest BCUT2D eigenvalue weighted by atomic mass is 10.1. The van der Waals surface area contributed by atoms with Gasteiger partial charge in [-0.3, -0.25) is 4.79 Å². The fourth-order valence-corrected chi connectivity index (χ4v) is 2.70. The van der Waals surface area contributed by atoms with Gasteiger partial charge in [-0.25, -0.2) is 4.98 Å². The Morgan fingerprint density at radius 1 is 1.30 bits per heavy atom.